The van der Waals surface area contributed by atoms with E-state index in [0.717, 1.165) is 5.56 Å². The number of alkyl halides is 3. The number of nitrogens with one attached hydrogen (secondary N) is 1. The van der Waals surface area contributed by atoms with Gasteiger partial charge in [-0.1, -0.05) is 17.7 Å². The zero-order valence-corrected chi connectivity index (χ0v) is 13.0. The number of nitro benzene ring substituents is 1. The van der Waals surface area contributed by atoms with Gasteiger partial charge in [0.2, 0.25) is 0 Å². The second-order valence-corrected chi connectivity index (χ2v) is 6.59. The molecule has 0 aliphatic rings. The first-order valence-electron chi connectivity index (χ1n) is 6.46. The monoisotopic (exact) mass is 360 g/mol. The predicted molar refractivity (Wildman–Crippen MR) is 80.1 cm³/mol. The highest BCUT2D eigenvalue weighted by atomic mass is 32.2. The number of benzene rings is 2. The number of nitro groups is 1. The van der Waals surface area contributed by atoms with Crippen LogP contribution in [0.15, 0.2) is 47.4 Å². The van der Waals surface area contributed by atoms with E-state index >= 15 is 0 Å². The van der Waals surface area contributed by atoms with Gasteiger partial charge in [-0.15, -0.1) is 0 Å². The van der Waals surface area contributed by atoms with Crippen molar-refractivity contribution in [1.82, 2.24) is 0 Å². The van der Waals surface area contributed by atoms with Gasteiger partial charge >= 0.3 is 6.18 Å². The lowest BCUT2D eigenvalue weighted by molar-refractivity contribution is -0.384. The maximum atomic E-state index is 12.6. The van der Waals surface area contributed by atoms with E-state index in [4.69, 9.17) is 0 Å². The third kappa shape index (κ3) is 3.82. The lowest BCUT2D eigenvalue weighted by Crippen LogP contribution is -2.15. The Kier molecular flexibility index (Phi) is 4.52. The van der Waals surface area contributed by atoms with E-state index in [2.05, 4.69) is 0 Å². The highest BCUT2D eigenvalue weighted by molar-refractivity contribution is 7.92. The average Bonchev–Trinajstić information content (AvgIpc) is 2.46. The molecule has 2 aromatic rings. The van der Waals surface area contributed by atoms with Gasteiger partial charge in [0.15, 0.2) is 0 Å². The number of anilines is 1. The standard InChI is InChI=1S/C14H11F3N2O4S/c1-9-2-5-11(6-3-9)24(22,23)18-12-7-4-10(14(15,16)17)8-13(12)19(20)21/h2-8,18H,1H3. The van der Waals surface area contributed by atoms with E-state index in [0.29, 0.717) is 12.1 Å². The molecule has 0 saturated heterocycles. The highest BCUT2D eigenvalue weighted by Gasteiger charge is 2.33. The Labute approximate surface area is 135 Å². The third-order valence-corrected chi connectivity index (χ3v) is 4.48. The zero-order chi connectivity index (χ0) is 18.1. The van der Waals surface area contributed by atoms with Crippen LogP contribution >= 0.6 is 0 Å². The fraction of sp³-hybridized carbons (Fsp3) is 0.143. The second kappa shape index (κ2) is 6.11. The summed E-state index contributed by atoms with van der Waals surface area (Å²) in [5.74, 6) is 0. The number of aryl methyl sites for hydroxylation is 1. The van der Waals surface area contributed by atoms with Crippen LogP contribution in [0.3, 0.4) is 0 Å². The lowest BCUT2D eigenvalue weighted by atomic mass is 10.1. The van der Waals surface area contributed by atoms with E-state index in [-0.39, 0.29) is 11.0 Å². The first-order chi connectivity index (χ1) is 11.0. The van der Waals surface area contributed by atoms with Gasteiger partial charge in [-0.2, -0.15) is 13.2 Å². The molecule has 0 heterocycles. The van der Waals surface area contributed by atoms with Gasteiger partial charge < -0.3 is 0 Å². The molecule has 0 atom stereocenters. The molecule has 0 amide bonds. The summed E-state index contributed by atoms with van der Waals surface area (Å²) in [6.45, 7) is 1.74. The molecule has 0 aliphatic heterocycles. The largest absolute Gasteiger partial charge is 0.416 e. The van der Waals surface area contributed by atoms with Gasteiger partial charge in [0.05, 0.1) is 15.4 Å². The summed E-state index contributed by atoms with van der Waals surface area (Å²) < 4.78 is 64.3. The second-order valence-electron chi connectivity index (χ2n) is 4.91. The van der Waals surface area contributed by atoms with Crippen molar-refractivity contribution in [2.75, 3.05) is 4.72 Å². The number of hydrogen-bond acceptors (Lipinski definition) is 4. The van der Waals surface area contributed by atoms with Crippen LogP contribution in [0, 0.1) is 17.0 Å². The number of hydrogen-bond donors (Lipinski definition) is 1. The van der Waals surface area contributed by atoms with E-state index in [1.54, 1.807) is 6.92 Å². The van der Waals surface area contributed by atoms with Gasteiger partial charge in [-0.25, -0.2) is 8.42 Å². The minimum Gasteiger partial charge on any atom is -0.273 e. The number of sulfonamides is 1. The Morgan fingerprint density at radius 2 is 1.67 bits per heavy atom. The molecule has 0 saturated carbocycles. The van der Waals surface area contributed by atoms with Crippen LogP contribution < -0.4 is 4.72 Å². The SMILES string of the molecule is Cc1ccc(S(=O)(=O)Nc2ccc(C(F)(F)F)cc2[N+](=O)[O-])cc1. The summed E-state index contributed by atoms with van der Waals surface area (Å²) in [6, 6.07) is 7.19. The van der Waals surface area contributed by atoms with Crippen molar-refractivity contribution < 1.29 is 26.5 Å². The van der Waals surface area contributed by atoms with Crippen molar-refractivity contribution in [2.24, 2.45) is 0 Å². The fourth-order valence-corrected chi connectivity index (χ4v) is 2.94. The summed E-state index contributed by atoms with van der Waals surface area (Å²) in [4.78, 5) is 9.73. The van der Waals surface area contributed by atoms with Gasteiger partial charge in [0, 0.05) is 6.07 Å². The van der Waals surface area contributed by atoms with Crippen LogP contribution in [0.25, 0.3) is 0 Å². The van der Waals surface area contributed by atoms with Crippen molar-refractivity contribution in [2.45, 2.75) is 18.0 Å². The average molecular weight is 360 g/mol. The third-order valence-electron chi connectivity index (χ3n) is 3.10. The molecule has 2 aromatic carbocycles. The first-order valence-corrected chi connectivity index (χ1v) is 7.94. The van der Waals surface area contributed by atoms with E-state index < -0.39 is 38.1 Å². The summed E-state index contributed by atoms with van der Waals surface area (Å²) in [7, 11) is -4.17. The summed E-state index contributed by atoms with van der Waals surface area (Å²) in [5.41, 5.74) is -1.98. The van der Waals surface area contributed by atoms with Crippen LogP contribution in [0.2, 0.25) is 0 Å². The molecule has 128 valence electrons. The number of halogens is 3. The smallest absolute Gasteiger partial charge is 0.273 e. The molecular formula is C14H11F3N2O4S. The highest BCUT2D eigenvalue weighted by Crippen LogP contribution is 2.35. The van der Waals surface area contributed by atoms with Crippen molar-refractivity contribution in [3.63, 3.8) is 0 Å². The van der Waals surface area contributed by atoms with Crippen LogP contribution in [-0.2, 0) is 16.2 Å². The number of nitrogens with zero attached hydrogens (tertiary/aromatic N) is 1. The van der Waals surface area contributed by atoms with Gasteiger partial charge in [0.25, 0.3) is 15.7 Å². The molecule has 24 heavy (non-hydrogen) atoms. The van der Waals surface area contributed by atoms with E-state index in [9.17, 15) is 31.7 Å². The Morgan fingerprint density at radius 1 is 1.08 bits per heavy atom. The molecule has 2 rings (SSSR count). The summed E-state index contributed by atoms with van der Waals surface area (Å²) in [5, 5.41) is 11.0. The molecule has 0 fully saturated rings. The molecule has 0 aliphatic carbocycles. The Balaban J connectivity index is 2.45. The van der Waals surface area contributed by atoms with Crippen molar-refractivity contribution in [1.29, 1.82) is 0 Å². The molecule has 0 unspecified atom stereocenters. The molecule has 6 nitrogen and oxygen atoms in total. The van der Waals surface area contributed by atoms with Crippen LogP contribution in [0.5, 0.6) is 0 Å². The van der Waals surface area contributed by atoms with E-state index in [1.165, 1.54) is 24.3 Å². The van der Waals surface area contributed by atoms with Crippen molar-refractivity contribution in [3.05, 3.63) is 63.7 Å². The van der Waals surface area contributed by atoms with Crippen LogP contribution in [-0.4, -0.2) is 13.3 Å². The fourth-order valence-electron chi connectivity index (χ4n) is 1.87. The lowest BCUT2D eigenvalue weighted by Gasteiger charge is -2.11. The Hall–Kier alpha value is -2.62. The van der Waals surface area contributed by atoms with E-state index in [1.807, 2.05) is 4.72 Å². The Morgan fingerprint density at radius 3 is 2.17 bits per heavy atom. The minimum atomic E-state index is -4.78. The van der Waals surface area contributed by atoms with Crippen LogP contribution in [0.1, 0.15) is 11.1 Å². The van der Waals surface area contributed by atoms with Crippen molar-refractivity contribution in [3.8, 4) is 0 Å². The summed E-state index contributed by atoms with van der Waals surface area (Å²) >= 11 is 0. The maximum Gasteiger partial charge on any atom is 0.416 e. The van der Waals surface area contributed by atoms with Gasteiger partial charge in [-0.05, 0) is 31.2 Å². The quantitative estimate of drug-likeness (QED) is 0.665. The molecule has 1 N–H and O–H groups in total. The molecule has 10 heteroatoms. The summed E-state index contributed by atoms with van der Waals surface area (Å²) in [6.07, 6.45) is -4.78. The molecule has 0 bridgehead atoms. The minimum absolute atomic E-state index is 0.165. The predicted octanol–water partition coefficient (Wildman–Crippen LogP) is 3.72. The zero-order valence-electron chi connectivity index (χ0n) is 12.2. The Bertz CT molecular complexity index is 878. The molecule has 0 radical (unpaired) electrons. The molecule has 0 spiro atoms. The van der Waals surface area contributed by atoms with Crippen molar-refractivity contribution >= 4 is 21.4 Å². The topological polar surface area (TPSA) is 89.3 Å². The first kappa shape index (κ1) is 17.7. The van der Waals surface area contributed by atoms with Gasteiger partial charge in [0.1, 0.15) is 5.69 Å². The van der Waals surface area contributed by atoms with Crippen LogP contribution in [0.4, 0.5) is 24.5 Å². The molecular weight excluding hydrogens is 349 g/mol. The van der Waals surface area contributed by atoms with Gasteiger partial charge in [-0.3, -0.25) is 14.8 Å². The normalized spacial score (nSPS) is 12.0. The maximum absolute atomic E-state index is 12.6. The number of rotatable bonds is 4. The molecule has 0 aromatic heterocycles.